The van der Waals surface area contributed by atoms with Crippen molar-refractivity contribution in [2.45, 2.75) is 39.2 Å². The van der Waals surface area contributed by atoms with Crippen LogP contribution in [0.1, 0.15) is 33.3 Å². The molecule has 0 aliphatic rings. The summed E-state index contributed by atoms with van der Waals surface area (Å²) in [6.45, 7) is 6.25. The van der Waals surface area contributed by atoms with Crippen molar-refractivity contribution in [2.24, 2.45) is 0 Å². The minimum atomic E-state index is -3.55. The number of carbonyl (C=O) groups is 1. The van der Waals surface area contributed by atoms with Gasteiger partial charge in [0.15, 0.2) is 0 Å². The van der Waals surface area contributed by atoms with Crippen molar-refractivity contribution < 1.29 is 23.0 Å². The van der Waals surface area contributed by atoms with E-state index in [1.54, 1.807) is 18.2 Å². The van der Waals surface area contributed by atoms with Crippen LogP contribution in [0, 0.1) is 0 Å². The van der Waals surface area contributed by atoms with E-state index in [1.807, 2.05) is 20.8 Å². The molecule has 1 aromatic carbocycles. The molecule has 0 bridgehead atoms. The second-order valence-corrected chi connectivity index (χ2v) is 5.01. The Morgan fingerprint density at radius 2 is 1.67 bits per heavy atom. The minimum Gasteiger partial charge on any atom is -0.395 e. The SMILES string of the molecule is CC(F)(F)OC(=O)Oc1ccccc1C(C)(C)C. The Labute approximate surface area is 105 Å². The molecule has 18 heavy (non-hydrogen) atoms. The fourth-order valence-corrected chi connectivity index (χ4v) is 1.43. The van der Waals surface area contributed by atoms with Crippen molar-refractivity contribution in [1.29, 1.82) is 0 Å². The Morgan fingerprint density at radius 1 is 1.11 bits per heavy atom. The second-order valence-electron chi connectivity index (χ2n) is 5.01. The van der Waals surface area contributed by atoms with E-state index in [-0.39, 0.29) is 11.2 Å². The van der Waals surface area contributed by atoms with E-state index >= 15 is 0 Å². The first-order valence-corrected chi connectivity index (χ1v) is 5.48. The third-order valence-electron chi connectivity index (χ3n) is 2.15. The van der Waals surface area contributed by atoms with Gasteiger partial charge < -0.3 is 9.47 Å². The van der Waals surface area contributed by atoms with Crippen LogP contribution < -0.4 is 4.74 Å². The molecule has 0 atom stereocenters. The maximum Gasteiger partial charge on any atom is 0.518 e. The quantitative estimate of drug-likeness (QED) is 0.591. The van der Waals surface area contributed by atoms with Crippen molar-refractivity contribution in [2.75, 3.05) is 0 Å². The molecular formula is C13H16F2O3. The van der Waals surface area contributed by atoms with Crippen LogP contribution in [0.3, 0.4) is 0 Å². The van der Waals surface area contributed by atoms with Crippen LogP contribution in [0.5, 0.6) is 5.75 Å². The van der Waals surface area contributed by atoms with Crippen molar-refractivity contribution >= 4 is 6.16 Å². The predicted octanol–water partition coefficient (Wildman–Crippen LogP) is 4.11. The summed E-state index contributed by atoms with van der Waals surface area (Å²) in [4.78, 5) is 11.2. The molecule has 1 aromatic rings. The molecule has 0 aliphatic heterocycles. The summed E-state index contributed by atoms with van der Waals surface area (Å²) in [5.74, 6) is 0.222. The number of para-hydroxylation sites is 1. The summed E-state index contributed by atoms with van der Waals surface area (Å²) >= 11 is 0. The lowest BCUT2D eigenvalue weighted by Crippen LogP contribution is -2.24. The summed E-state index contributed by atoms with van der Waals surface area (Å²) in [5.41, 5.74) is 0.465. The molecule has 0 amide bonds. The van der Waals surface area contributed by atoms with Crippen molar-refractivity contribution in [3.8, 4) is 5.75 Å². The molecule has 0 aliphatic carbocycles. The largest absolute Gasteiger partial charge is 0.518 e. The molecule has 100 valence electrons. The zero-order chi connectivity index (χ0) is 14.0. The van der Waals surface area contributed by atoms with Gasteiger partial charge in [-0.15, -0.1) is 0 Å². The van der Waals surface area contributed by atoms with Gasteiger partial charge in [-0.1, -0.05) is 39.0 Å². The standard InChI is InChI=1S/C13H16F2O3/c1-12(2,3)9-7-5-6-8-10(9)17-11(16)18-13(4,14)15/h5-8H,1-4H3. The number of halogens is 2. The minimum absolute atomic E-state index is 0.222. The molecule has 0 spiro atoms. The van der Waals surface area contributed by atoms with Gasteiger partial charge in [-0.05, 0) is 11.5 Å². The van der Waals surface area contributed by atoms with E-state index in [0.29, 0.717) is 6.92 Å². The molecule has 0 radical (unpaired) electrons. The van der Waals surface area contributed by atoms with E-state index in [1.165, 1.54) is 6.07 Å². The van der Waals surface area contributed by atoms with Crippen LogP contribution in [0.15, 0.2) is 24.3 Å². The van der Waals surface area contributed by atoms with Gasteiger partial charge in [0.2, 0.25) is 0 Å². The van der Waals surface area contributed by atoms with Crippen LogP contribution in [0.2, 0.25) is 0 Å². The van der Waals surface area contributed by atoms with Gasteiger partial charge >= 0.3 is 12.3 Å². The maximum absolute atomic E-state index is 12.5. The summed E-state index contributed by atoms with van der Waals surface area (Å²) in [6.07, 6.45) is -4.97. The first kappa shape index (κ1) is 14.4. The Morgan fingerprint density at radius 3 is 2.17 bits per heavy atom. The van der Waals surface area contributed by atoms with Crippen molar-refractivity contribution in [3.05, 3.63) is 29.8 Å². The number of rotatable bonds is 2. The van der Waals surface area contributed by atoms with Gasteiger partial charge in [0, 0.05) is 12.5 Å². The topological polar surface area (TPSA) is 35.5 Å². The first-order valence-electron chi connectivity index (χ1n) is 5.48. The summed E-state index contributed by atoms with van der Waals surface area (Å²) in [7, 11) is 0. The van der Waals surface area contributed by atoms with Crippen LogP contribution in [-0.4, -0.2) is 12.3 Å². The molecule has 3 nitrogen and oxygen atoms in total. The number of hydrogen-bond donors (Lipinski definition) is 0. The fraction of sp³-hybridized carbons (Fsp3) is 0.462. The highest BCUT2D eigenvalue weighted by Crippen LogP contribution is 2.31. The van der Waals surface area contributed by atoms with Gasteiger partial charge in [0.05, 0.1) is 0 Å². The maximum atomic E-state index is 12.5. The predicted molar refractivity (Wildman–Crippen MR) is 62.9 cm³/mol. The molecule has 5 heteroatoms. The molecule has 1 rings (SSSR count). The lowest BCUT2D eigenvalue weighted by molar-refractivity contribution is -0.190. The molecule has 0 heterocycles. The zero-order valence-electron chi connectivity index (χ0n) is 10.8. The summed E-state index contributed by atoms with van der Waals surface area (Å²) in [5, 5.41) is 0. The van der Waals surface area contributed by atoms with E-state index < -0.39 is 12.3 Å². The second kappa shape index (κ2) is 4.92. The van der Waals surface area contributed by atoms with Crippen LogP contribution >= 0.6 is 0 Å². The molecular weight excluding hydrogens is 242 g/mol. The Bertz CT molecular complexity index is 431. The van der Waals surface area contributed by atoms with Gasteiger partial charge in [0.25, 0.3) is 0 Å². The Hall–Kier alpha value is -1.65. The molecule has 0 saturated carbocycles. The molecule has 0 saturated heterocycles. The zero-order valence-corrected chi connectivity index (χ0v) is 10.8. The number of ether oxygens (including phenoxy) is 2. The third-order valence-corrected chi connectivity index (χ3v) is 2.15. The Balaban J connectivity index is 2.89. The lowest BCUT2D eigenvalue weighted by atomic mass is 9.86. The highest BCUT2D eigenvalue weighted by atomic mass is 19.3. The van der Waals surface area contributed by atoms with E-state index in [2.05, 4.69) is 4.74 Å². The van der Waals surface area contributed by atoms with Crippen LogP contribution in [0.4, 0.5) is 13.6 Å². The van der Waals surface area contributed by atoms with Crippen LogP contribution in [0.25, 0.3) is 0 Å². The third kappa shape index (κ3) is 4.31. The van der Waals surface area contributed by atoms with E-state index in [0.717, 1.165) is 5.56 Å². The number of hydrogen-bond acceptors (Lipinski definition) is 3. The number of carbonyl (C=O) groups excluding carboxylic acids is 1. The lowest BCUT2D eigenvalue weighted by Gasteiger charge is -2.22. The first-order chi connectivity index (χ1) is 8.09. The van der Waals surface area contributed by atoms with Crippen molar-refractivity contribution in [1.82, 2.24) is 0 Å². The van der Waals surface area contributed by atoms with Crippen molar-refractivity contribution in [3.63, 3.8) is 0 Å². The van der Waals surface area contributed by atoms with Gasteiger partial charge in [-0.25, -0.2) is 4.79 Å². The molecule has 0 N–H and O–H groups in total. The molecule has 0 unspecified atom stereocenters. The molecule has 0 aromatic heterocycles. The average molecular weight is 258 g/mol. The molecule has 0 fully saturated rings. The van der Waals surface area contributed by atoms with Crippen LogP contribution in [-0.2, 0) is 10.2 Å². The smallest absolute Gasteiger partial charge is 0.395 e. The fourth-order valence-electron chi connectivity index (χ4n) is 1.43. The van der Waals surface area contributed by atoms with Gasteiger partial charge in [-0.2, -0.15) is 8.78 Å². The van der Waals surface area contributed by atoms with Gasteiger partial charge in [-0.3, -0.25) is 0 Å². The number of benzene rings is 1. The van der Waals surface area contributed by atoms with E-state index in [9.17, 15) is 13.6 Å². The highest BCUT2D eigenvalue weighted by Gasteiger charge is 2.29. The summed E-state index contributed by atoms with van der Waals surface area (Å²) < 4.78 is 33.6. The van der Waals surface area contributed by atoms with Gasteiger partial charge in [0.1, 0.15) is 5.75 Å². The normalized spacial score (nSPS) is 12.1. The van der Waals surface area contributed by atoms with E-state index in [4.69, 9.17) is 4.74 Å². The monoisotopic (exact) mass is 258 g/mol. The average Bonchev–Trinajstić information content (AvgIpc) is 2.13. The highest BCUT2D eigenvalue weighted by molar-refractivity contribution is 5.65. The summed E-state index contributed by atoms with van der Waals surface area (Å²) in [6, 6.07) is 6.75. The Kier molecular flexibility index (Phi) is 3.94. The number of alkyl halides is 2.